The van der Waals surface area contributed by atoms with Crippen molar-refractivity contribution in [2.24, 2.45) is 5.41 Å². The molecule has 0 saturated carbocycles. The lowest BCUT2D eigenvalue weighted by Gasteiger charge is -2.41. The van der Waals surface area contributed by atoms with E-state index in [1.807, 2.05) is 13.8 Å². The maximum absolute atomic E-state index is 10.5. The molecule has 3 nitrogen and oxygen atoms in total. The zero-order chi connectivity index (χ0) is 10.8. The van der Waals surface area contributed by atoms with Crippen LogP contribution in [-0.2, 0) is 0 Å². The van der Waals surface area contributed by atoms with Crippen LogP contribution in [0, 0.1) is 5.41 Å². The Balaban J connectivity index is 2.72. The van der Waals surface area contributed by atoms with E-state index in [1.54, 1.807) is 0 Å². The maximum atomic E-state index is 10.5. The highest BCUT2D eigenvalue weighted by molar-refractivity contribution is 4.94. The molecule has 1 atom stereocenters. The summed E-state index contributed by atoms with van der Waals surface area (Å²) in [4.78, 5) is 2.24. The first-order valence-corrected chi connectivity index (χ1v) is 5.43. The fourth-order valence-corrected chi connectivity index (χ4v) is 2.08. The molecular weight excluding hydrogens is 178 g/mol. The van der Waals surface area contributed by atoms with Gasteiger partial charge in [-0.2, -0.15) is 0 Å². The third kappa shape index (κ3) is 2.27. The van der Waals surface area contributed by atoms with E-state index in [4.69, 9.17) is 0 Å². The number of nitrogens with zero attached hydrogens (tertiary/aromatic N) is 1. The minimum Gasteiger partial charge on any atom is -0.396 e. The molecule has 0 amide bonds. The Morgan fingerprint density at radius 1 is 1.29 bits per heavy atom. The first-order chi connectivity index (χ1) is 6.41. The highest BCUT2D eigenvalue weighted by Gasteiger charge is 2.43. The first kappa shape index (κ1) is 12.0. The van der Waals surface area contributed by atoms with E-state index in [2.05, 4.69) is 11.9 Å². The molecule has 14 heavy (non-hydrogen) atoms. The Hall–Kier alpha value is -0.120. The van der Waals surface area contributed by atoms with Gasteiger partial charge in [0.25, 0.3) is 0 Å². The van der Waals surface area contributed by atoms with Crippen molar-refractivity contribution < 1.29 is 10.2 Å². The lowest BCUT2D eigenvalue weighted by molar-refractivity contribution is -0.0990. The molecule has 0 aromatic carbocycles. The van der Waals surface area contributed by atoms with Crippen LogP contribution in [0.3, 0.4) is 0 Å². The van der Waals surface area contributed by atoms with Crippen molar-refractivity contribution in [1.82, 2.24) is 4.90 Å². The van der Waals surface area contributed by atoms with E-state index in [0.29, 0.717) is 0 Å². The molecule has 0 bridgehead atoms. The summed E-state index contributed by atoms with van der Waals surface area (Å²) in [5.74, 6) is 0. The van der Waals surface area contributed by atoms with Crippen molar-refractivity contribution in [3.63, 3.8) is 0 Å². The van der Waals surface area contributed by atoms with Crippen molar-refractivity contribution >= 4 is 0 Å². The molecule has 1 saturated heterocycles. The summed E-state index contributed by atoms with van der Waals surface area (Å²) in [5, 5.41) is 19.8. The summed E-state index contributed by atoms with van der Waals surface area (Å²) in [7, 11) is 2.08. The van der Waals surface area contributed by atoms with Gasteiger partial charge in [0.15, 0.2) is 0 Å². The predicted molar refractivity (Wildman–Crippen MR) is 57.2 cm³/mol. The molecule has 1 aliphatic rings. The topological polar surface area (TPSA) is 43.7 Å². The second kappa shape index (κ2) is 4.17. The predicted octanol–water partition coefficient (Wildman–Crippen LogP) is 0.852. The van der Waals surface area contributed by atoms with Crippen LogP contribution < -0.4 is 0 Å². The molecule has 0 aromatic heterocycles. The molecule has 1 rings (SSSR count). The van der Waals surface area contributed by atoms with Gasteiger partial charge in [-0.25, -0.2) is 0 Å². The summed E-state index contributed by atoms with van der Waals surface area (Å²) < 4.78 is 0. The first-order valence-electron chi connectivity index (χ1n) is 5.43. The van der Waals surface area contributed by atoms with Gasteiger partial charge < -0.3 is 15.1 Å². The van der Waals surface area contributed by atoms with Gasteiger partial charge in [-0.1, -0.05) is 13.8 Å². The third-order valence-corrected chi connectivity index (χ3v) is 3.69. The summed E-state index contributed by atoms with van der Waals surface area (Å²) >= 11 is 0. The molecule has 0 spiro atoms. The average molecular weight is 201 g/mol. The van der Waals surface area contributed by atoms with Gasteiger partial charge in [-0.15, -0.1) is 0 Å². The lowest BCUT2D eigenvalue weighted by Crippen LogP contribution is -2.47. The van der Waals surface area contributed by atoms with E-state index in [1.165, 1.54) is 0 Å². The van der Waals surface area contributed by atoms with Gasteiger partial charge in [-0.05, 0) is 32.9 Å². The lowest BCUT2D eigenvalue weighted by atomic mass is 9.71. The van der Waals surface area contributed by atoms with Gasteiger partial charge in [-0.3, -0.25) is 0 Å². The van der Waals surface area contributed by atoms with Gasteiger partial charge in [0, 0.05) is 12.0 Å². The monoisotopic (exact) mass is 201 g/mol. The molecular formula is C11H23NO2. The van der Waals surface area contributed by atoms with Crippen molar-refractivity contribution in [2.45, 2.75) is 38.7 Å². The maximum Gasteiger partial charge on any atom is 0.0733 e. The Morgan fingerprint density at radius 2 is 1.93 bits per heavy atom. The van der Waals surface area contributed by atoms with Crippen molar-refractivity contribution in [2.75, 3.05) is 26.7 Å². The number of hydrogen-bond acceptors (Lipinski definition) is 3. The van der Waals surface area contributed by atoms with Crippen LogP contribution in [0.25, 0.3) is 0 Å². The summed E-state index contributed by atoms with van der Waals surface area (Å²) in [5.41, 5.74) is -1.09. The van der Waals surface area contributed by atoms with Gasteiger partial charge in [0.2, 0.25) is 0 Å². The Kier molecular flexibility index (Phi) is 3.56. The quantitative estimate of drug-likeness (QED) is 0.696. The zero-order valence-corrected chi connectivity index (χ0v) is 9.58. The van der Waals surface area contributed by atoms with Crippen molar-refractivity contribution in [3.8, 4) is 0 Å². The van der Waals surface area contributed by atoms with Crippen molar-refractivity contribution in [3.05, 3.63) is 0 Å². The van der Waals surface area contributed by atoms with E-state index >= 15 is 0 Å². The number of aliphatic hydroxyl groups excluding tert-OH is 1. The standard InChI is InChI=1S/C11H23NO2/c1-10(2,9-13)11(14)5-4-7-12(3)8-6-11/h13-14H,4-9H2,1-3H3. The molecule has 84 valence electrons. The number of rotatable bonds is 2. The SMILES string of the molecule is CN1CCCC(O)(C(C)(C)CO)CC1. The van der Waals surface area contributed by atoms with Crippen LogP contribution >= 0.6 is 0 Å². The molecule has 1 unspecified atom stereocenters. The van der Waals surface area contributed by atoms with Gasteiger partial charge >= 0.3 is 0 Å². The number of aliphatic hydroxyl groups is 2. The third-order valence-electron chi connectivity index (χ3n) is 3.69. The Bertz CT molecular complexity index is 194. The highest BCUT2D eigenvalue weighted by atomic mass is 16.3. The molecule has 1 heterocycles. The molecule has 1 fully saturated rings. The molecule has 0 aromatic rings. The van der Waals surface area contributed by atoms with Crippen LogP contribution in [0.2, 0.25) is 0 Å². The van der Waals surface area contributed by atoms with Crippen LogP contribution in [0.4, 0.5) is 0 Å². The molecule has 2 N–H and O–H groups in total. The normalized spacial score (nSPS) is 31.5. The smallest absolute Gasteiger partial charge is 0.0733 e. The van der Waals surface area contributed by atoms with E-state index in [-0.39, 0.29) is 6.61 Å². The molecule has 0 aliphatic carbocycles. The fourth-order valence-electron chi connectivity index (χ4n) is 2.08. The highest BCUT2D eigenvalue weighted by Crippen LogP contribution is 2.38. The Labute approximate surface area is 86.7 Å². The summed E-state index contributed by atoms with van der Waals surface area (Å²) in [6, 6.07) is 0. The van der Waals surface area contributed by atoms with E-state index in [0.717, 1.165) is 32.4 Å². The largest absolute Gasteiger partial charge is 0.396 e. The average Bonchev–Trinajstić information content (AvgIpc) is 2.30. The van der Waals surface area contributed by atoms with Crippen LogP contribution in [-0.4, -0.2) is 47.5 Å². The summed E-state index contributed by atoms with van der Waals surface area (Å²) in [6.07, 6.45) is 2.57. The van der Waals surface area contributed by atoms with E-state index < -0.39 is 11.0 Å². The zero-order valence-electron chi connectivity index (χ0n) is 9.58. The van der Waals surface area contributed by atoms with Crippen molar-refractivity contribution in [1.29, 1.82) is 0 Å². The van der Waals surface area contributed by atoms with Crippen LogP contribution in [0.1, 0.15) is 33.1 Å². The minimum atomic E-state index is -0.702. The molecule has 0 radical (unpaired) electrons. The second-order valence-electron chi connectivity index (χ2n) is 5.23. The van der Waals surface area contributed by atoms with E-state index in [9.17, 15) is 10.2 Å². The number of hydrogen-bond donors (Lipinski definition) is 2. The van der Waals surface area contributed by atoms with Crippen LogP contribution in [0.5, 0.6) is 0 Å². The molecule has 3 heteroatoms. The van der Waals surface area contributed by atoms with Gasteiger partial charge in [0.05, 0.1) is 12.2 Å². The minimum absolute atomic E-state index is 0.0488. The van der Waals surface area contributed by atoms with Crippen LogP contribution in [0.15, 0.2) is 0 Å². The second-order valence-corrected chi connectivity index (χ2v) is 5.23. The molecule has 1 aliphatic heterocycles. The number of likely N-dealkylation sites (tertiary alicyclic amines) is 1. The Morgan fingerprint density at radius 3 is 2.50 bits per heavy atom. The fraction of sp³-hybridized carbons (Fsp3) is 1.00. The summed E-state index contributed by atoms with van der Waals surface area (Å²) in [6.45, 7) is 5.90. The van der Waals surface area contributed by atoms with Gasteiger partial charge in [0.1, 0.15) is 0 Å².